The van der Waals surface area contributed by atoms with Crippen molar-refractivity contribution in [1.82, 2.24) is 20.6 Å². The molecule has 1 aliphatic rings. The van der Waals surface area contributed by atoms with Crippen LogP contribution in [0.2, 0.25) is 0 Å². The summed E-state index contributed by atoms with van der Waals surface area (Å²) in [6.07, 6.45) is 4.19. The summed E-state index contributed by atoms with van der Waals surface area (Å²) in [4.78, 5) is 32.8. The van der Waals surface area contributed by atoms with Crippen LogP contribution in [-0.2, 0) is 10.3 Å². The molecule has 1 fully saturated rings. The Bertz CT molecular complexity index is 862. The fourth-order valence-corrected chi connectivity index (χ4v) is 3.70. The molecule has 144 valence electrons. The first-order valence-corrected chi connectivity index (χ1v) is 9.15. The second-order valence-electron chi connectivity index (χ2n) is 8.22. The number of carbonyl (C=O) groups excluding carboxylic acids is 2. The maximum atomic E-state index is 12.6. The van der Waals surface area contributed by atoms with Crippen molar-refractivity contribution in [2.75, 3.05) is 13.1 Å². The van der Waals surface area contributed by atoms with Gasteiger partial charge in [0, 0.05) is 30.1 Å². The highest BCUT2D eigenvalue weighted by atomic mass is 16.6. The molecule has 7 nitrogen and oxygen atoms in total. The van der Waals surface area contributed by atoms with E-state index >= 15 is 0 Å². The molecule has 1 aromatic heterocycles. The fourth-order valence-electron chi connectivity index (χ4n) is 3.70. The van der Waals surface area contributed by atoms with Crippen LogP contribution in [0.15, 0.2) is 24.5 Å². The quantitative estimate of drug-likeness (QED) is 0.807. The second-order valence-corrected chi connectivity index (χ2v) is 8.22. The molecule has 1 saturated heterocycles. The van der Waals surface area contributed by atoms with E-state index in [0.717, 1.165) is 24.8 Å². The number of ether oxygens (including phenoxy) is 1. The summed E-state index contributed by atoms with van der Waals surface area (Å²) in [5, 5.41) is 6.48. The second kappa shape index (κ2) is 7.23. The lowest BCUT2D eigenvalue weighted by atomic mass is 9.78. The standard InChI is InChI=1S/C20H26N4O3/c1-13-9-20(12-21-10-13,24-18(26)27-19(2,3)4)15-6-5-14(11-25)16-17(15)23-8-7-22-16/h5-8,11,13,21H,9-10,12H2,1-4H3,(H,24,26)/t13-,20-/m0/s1. The first-order valence-electron chi connectivity index (χ1n) is 9.15. The summed E-state index contributed by atoms with van der Waals surface area (Å²) in [5.74, 6) is 0.339. The zero-order valence-electron chi connectivity index (χ0n) is 16.2. The Morgan fingerprint density at radius 3 is 2.63 bits per heavy atom. The van der Waals surface area contributed by atoms with Gasteiger partial charge in [0.15, 0.2) is 6.29 Å². The molecule has 2 N–H and O–H groups in total. The molecule has 0 spiro atoms. The Morgan fingerprint density at radius 1 is 1.30 bits per heavy atom. The summed E-state index contributed by atoms with van der Waals surface area (Å²) < 4.78 is 5.51. The summed E-state index contributed by atoms with van der Waals surface area (Å²) in [6, 6.07) is 3.59. The van der Waals surface area contributed by atoms with Gasteiger partial charge < -0.3 is 15.4 Å². The normalized spacial score (nSPS) is 23.0. The zero-order chi connectivity index (χ0) is 19.7. The Labute approximate surface area is 158 Å². The van der Waals surface area contributed by atoms with Crippen LogP contribution < -0.4 is 10.6 Å². The van der Waals surface area contributed by atoms with E-state index in [1.807, 2.05) is 26.8 Å². The average Bonchev–Trinajstić information content (AvgIpc) is 2.59. The number of carbonyl (C=O) groups is 2. The van der Waals surface area contributed by atoms with Gasteiger partial charge in [0.1, 0.15) is 5.60 Å². The first-order chi connectivity index (χ1) is 12.7. The highest BCUT2D eigenvalue weighted by Crippen LogP contribution is 2.35. The van der Waals surface area contributed by atoms with Gasteiger partial charge in [-0.05, 0) is 45.7 Å². The van der Waals surface area contributed by atoms with Crippen LogP contribution in [0.5, 0.6) is 0 Å². The van der Waals surface area contributed by atoms with Gasteiger partial charge in [-0.1, -0.05) is 13.0 Å². The van der Waals surface area contributed by atoms with E-state index in [1.54, 1.807) is 18.5 Å². The monoisotopic (exact) mass is 370 g/mol. The maximum Gasteiger partial charge on any atom is 0.408 e. The van der Waals surface area contributed by atoms with Crippen LogP contribution in [0.4, 0.5) is 4.79 Å². The maximum absolute atomic E-state index is 12.6. The first kappa shape index (κ1) is 19.2. The van der Waals surface area contributed by atoms with E-state index in [4.69, 9.17) is 4.74 Å². The van der Waals surface area contributed by atoms with Crippen molar-refractivity contribution < 1.29 is 14.3 Å². The number of alkyl carbamates (subject to hydrolysis) is 1. The molecule has 0 saturated carbocycles. The third-order valence-corrected chi connectivity index (χ3v) is 4.66. The molecule has 0 bridgehead atoms. The number of hydrogen-bond acceptors (Lipinski definition) is 6. The number of aromatic nitrogens is 2. The summed E-state index contributed by atoms with van der Waals surface area (Å²) >= 11 is 0. The lowest BCUT2D eigenvalue weighted by Crippen LogP contribution is -2.58. The molecule has 1 amide bonds. The molecular weight excluding hydrogens is 344 g/mol. The van der Waals surface area contributed by atoms with Gasteiger partial charge in [0.2, 0.25) is 0 Å². The van der Waals surface area contributed by atoms with Crippen molar-refractivity contribution in [1.29, 1.82) is 0 Å². The van der Waals surface area contributed by atoms with E-state index < -0.39 is 17.2 Å². The van der Waals surface area contributed by atoms with Crippen LogP contribution in [0.25, 0.3) is 11.0 Å². The van der Waals surface area contributed by atoms with Crippen molar-refractivity contribution in [3.63, 3.8) is 0 Å². The fraction of sp³-hybridized carbons (Fsp3) is 0.500. The highest BCUT2D eigenvalue weighted by molar-refractivity contribution is 5.95. The van der Waals surface area contributed by atoms with E-state index in [1.165, 1.54) is 0 Å². The third-order valence-electron chi connectivity index (χ3n) is 4.66. The number of benzene rings is 1. The van der Waals surface area contributed by atoms with Crippen LogP contribution >= 0.6 is 0 Å². The smallest absolute Gasteiger partial charge is 0.408 e. The number of piperidine rings is 1. The van der Waals surface area contributed by atoms with Crippen molar-refractivity contribution in [2.45, 2.75) is 45.3 Å². The van der Waals surface area contributed by atoms with E-state index in [-0.39, 0.29) is 0 Å². The Kier molecular flexibility index (Phi) is 5.15. The summed E-state index contributed by atoms with van der Waals surface area (Å²) in [7, 11) is 0. The number of nitrogens with zero attached hydrogens (tertiary/aromatic N) is 2. The molecular formula is C20H26N4O3. The lowest BCUT2D eigenvalue weighted by Gasteiger charge is -2.42. The molecule has 2 atom stereocenters. The predicted molar refractivity (Wildman–Crippen MR) is 103 cm³/mol. The van der Waals surface area contributed by atoms with Gasteiger partial charge in [-0.15, -0.1) is 0 Å². The van der Waals surface area contributed by atoms with Gasteiger partial charge in [0.25, 0.3) is 0 Å². The van der Waals surface area contributed by atoms with E-state index in [9.17, 15) is 9.59 Å². The molecule has 27 heavy (non-hydrogen) atoms. The minimum Gasteiger partial charge on any atom is -0.444 e. The molecule has 1 aromatic carbocycles. The van der Waals surface area contributed by atoms with Crippen LogP contribution in [0.1, 0.15) is 50.0 Å². The van der Waals surface area contributed by atoms with Gasteiger partial charge >= 0.3 is 6.09 Å². The van der Waals surface area contributed by atoms with Crippen molar-refractivity contribution in [3.8, 4) is 0 Å². The number of hydrogen-bond donors (Lipinski definition) is 2. The van der Waals surface area contributed by atoms with Gasteiger partial charge in [-0.25, -0.2) is 4.79 Å². The summed E-state index contributed by atoms with van der Waals surface area (Å²) in [5.41, 5.74) is 1.17. The minimum absolute atomic E-state index is 0.339. The highest BCUT2D eigenvalue weighted by Gasteiger charge is 2.41. The number of amides is 1. The van der Waals surface area contributed by atoms with Crippen LogP contribution in [0, 0.1) is 5.92 Å². The number of rotatable bonds is 3. The molecule has 0 aliphatic carbocycles. The van der Waals surface area contributed by atoms with Crippen LogP contribution in [-0.4, -0.2) is 41.0 Å². The molecule has 1 aliphatic heterocycles. The van der Waals surface area contributed by atoms with Crippen molar-refractivity contribution >= 4 is 23.4 Å². The van der Waals surface area contributed by atoms with Crippen molar-refractivity contribution in [2.24, 2.45) is 5.92 Å². The molecule has 2 aromatic rings. The predicted octanol–water partition coefficient (Wildman–Crippen LogP) is 2.79. The van der Waals surface area contributed by atoms with E-state index in [0.29, 0.717) is 29.1 Å². The van der Waals surface area contributed by atoms with Crippen molar-refractivity contribution in [3.05, 3.63) is 35.7 Å². The van der Waals surface area contributed by atoms with E-state index in [2.05, 4.69) is 27.5 Å². The number of fused-ring (bicyclic) bond motifs is 1. The third kappa shape index (κ3) is 4.08. The molecule has 0 radical (unpaired) electrons. The Balaban J connectivity index is 2.10. The lowest BCUT2D eigenvalue weighted by molar-refractivity contribution is 0.0415. The van der Waals surface area contributed by atoms with Crippen LogP contribution in [0.3, 0.4) is 0 Å². The molecule has 2 heterocycles. The Morgan fingerprint density at radius 2 is 2.00 bits per heavy atom. The van der Waals surface area contributed by atoms with Gasteiger partial charge in [-0.3, -0.25) is 14.8 Å². The minimum atomic E-state index is -0.699. The van der Waals surface area contributed by atoms with Gasteiger partial charge in [0.05, 0.1) is 16.6 Å². The van der Waals surface area contributed by atoms with Gasteiger partial charge in [-0.2, -0.15) is 0 Å². The SMILES string of the molecule is C[C@@H]1CNC[C@](NC(=O)OC(C)(C)C)(c2ccc(C=O)c3nccnc23)C1. The number of nitrogens with one attached hydrogen (secondary N) is 2. The Hall–Kier alpha value is -2.54. The summed E-state index contributed by atoms with van der Waals surface area (Å²) in [6.45, 7) is 9.05. The largest absolute Gasteiger partial charge is 0.444 e. The molecule has 7 heteroatoms. The molecule has 3 rings (SSSR count). The molecule has 0 unspecified atom stereocenters. The zero-order valence-corrected chi connectivity index (χ0v) is 16.2. The average molecular weight is 370 g/mol. The number of aldehydes is 1. The topological polar surface area (TPSA) is 93.2 Å².